The van der Waals surface area contributed by atoms with Crippen LogP contribution < -0.4 is 10.6 Å². The van der Waals surface area contributed by atoms with Gasteiger partial charge in [0.2, 0.25) is 11.8 Å². The molecule has 1 rings (SSSR count). The summed E-state index contributed by atoms with van der Waals surface area (Å²) in [6, 6.07) is 4.21. The number of halogens is 1. The van der Waals surface area contributed by atoms with Gasteiger partial charge in [-0.2, -0.15) is 0 Å². The van der Waals surface area contributed by atoms with Crippen LogP contribution >= 0.6 is 0 Å². The summed E-state index contributed by atoms with van der Waals surface area (Å²) in [5, 5.41) is 5.09. The third kappa shape index (κ3) is 6.91. The summed E-state index contributed by atoms with van der Waals surface area (Å²) in [4.78, 5) is 35.8. The molecule has 0 radical (unpaired) electrons. The van der Waals surface area contributed by atoms with Gasteiger partial charge in [-0.3, -0.25) is 9.59 Å². The molecular weight excluding hydrogens is 327 g/mol. The Morgan fingerprint density at radius 2 is 1.76 bits per heavy atom. The maximum Gasteiger partial charge on any atom is 0.328 e. The molecule has 0 aliphatic rings. The van der Waals surface area contributed by atoms with Crippen LogP contribution in [0.2, 0.25) is 0 Å². The Morgan fingerprint density at radius 1 is 1.12 bits per heavy atom. The lowest BCUT2D eigenvalue weighted by atomic mass is 10.0. The molecule has 0 spiro atoms. The fourth-order valence-electron chi connectivity index (χ4n) is 2.44. The van der Waals surface area contributed by atoms with Gasteiger partial charge < -0.3 is 15.4 Å². The zero-order chi connectivity index (χ0) is 19.0. The Kier molecular flexibility index (Phi) is 8.04. The number of rotatable bonds is 8. The van der Waals surface area contributed by atoms with E-state index >= 15 is 0 Å². The molecule has 0 unspecified atom stereocenters. The lowest BCUT2D eigenvalue weighted by molar-refractivity contribution is -0.145. The van der Waals surface area contributed by atoms with Crippen LogP contribution in [0.4, 0.5) is 4.39 Å². The summed E-state index contributed by atoms with van der Waals surface area (Å²) in [5.74, 6) is -1.86. The molecule has 7 heteroatoms. The molecule has 1 aromatic rings. The monoisotopic (exact) mass is 352 g/mol. The molecule has 2 amide bonds. The number of methoxy groups -OCH3 is 1. The zero-order valence-electron chi connectivity index (χ0n) is 15.0. The van der Waals surface area contributed by atoms with E-state index in [2.05, 4.69) is 10.6 Å². The molecule has 0 bridgehead atoms. The molecule has 6 nitrogen and oxygen atoms in total. The topological polar surface area (TPSA) is 84.5 Å². The van der Waals surface area contributed by atoms with Crippen LogP contribution in [0.15, 0.2) is 24.3 Å². The van der Waals surface area contributed by atoms with Crippen LogP contribution in [0.3, 0.4) is 0 Å². The minimum atomic E-state index is -0.992. The van der Waals surface area contributed by atoms with Gasteiger partial charge in [-0.05, 0) is 24.0 Å². The van der Waals surface area contributed by atoms with E-state index in [1.165, 1.54) is 20.1 Å². The van der Waals surface area contributed by atoms with Crippen LogP contribution in [0, 0.1) is 11.7 Å². The first-order valence-electron chi connectivity index (χ1n) is 8.13. The van der Waals surface area contributed by atoms with Gasteiger partial charge in [0.15, 0.2) is 0 Å². The van der Waals surface area contributed by atoms with Crippen LogP contribution in [0.5, 0.6) is 0 Å². The highest BCUT2D eigenvalue weighted by Crippen LogP contribution is 2.11. The first-order valence-corrected chi connectivity index (χ1v) is 8.13. The van der Waals surface area contributed by atoms with Crippen molar-refractivity contribution in [3.05, 3.63) is 35.6 Å². The second-order valence-corrected chi connectivity index (χ2v) is 6.26. The van der Waals surface area contributed by atoms with Gasteiger partial charge in [0.25, 0.3) is 0 Å². The van der Waals surface area contributed by atoms with Gasteiger partial charge in [-0.25, -0.2) is 9.18 Å². The quantitative estimate of drug-likeness (QED) is 0.696. The molecule has 138 valence electrons. The number of esters is 1. The van der Waals surface area contributed by atoms with Gasteiger partial charge >= 0.3 is 5.97 Å². The smallest absolute Gasteiger partial charge is 0.328 e. The van der Waals surface area contributed by atoms with Crippen LogP contribution in [0.1, 0.15) is 32.8 Å². The van der Waals surface area contributed by atoms with E-state index in [9.17, 15) is 18.8 Å². The SMILES string of the molecule is COC(=O)[C@@H](CC(C)C)NC(=O)[C@H](Cc1ccccc1F)NC(C)=O. The normalized spacial score (nSPS) is 13.0. The number of nitrogens with one attached hydrogen (secondary N) is 2. The second kappa shape index (κ2) is 9.76. The highest BCUT2D eigenvalue weighted by molar-refractivity contribution is 5.90. The Balaban J connectivity index is 2.93. The fraction of sp³-hybridized carbons (Fsp3) is 0.500. The summed E-state index contributed by atoms with van der Waals surface area (Å²) in [5.41, 5.74) is 0.301. The van der Waals surface area contributed by atoms with Crippen LogP contribution in [-0.4, -0.2) is 37.0 Å². The molecule has 0 aromatic heterocycles. The summed E-state index contributed by atoms with van der Waals surface area (Å²) in [6.07, 6.45) is 0.374. The number of benzene rings is 1. The summed E-state index contributed by atoms with van der Waals surface area (Å²) in [6.45, 7) is 5.09. The molecule has 0 aliphatic carbocycles. The number of carbonyl (C=O) groups is 3. The highest BCUT2D eigenvalue weighted by Gasteiger charge is 2.28. The summed E-state index contributed by atoms with van der Waals surface area (Å²) in [7, 11) is 1.24. The lowest BCUT2D eigenvalue weighted by Gasteiger charge is -2.23. The lowest BCUT2D eigenvalue weighted by Crippen LogP contribution is -2.52. The molecule has 0 aliphatic heterocycles. The van der Waals surface area contributed by atoms with Gasteiger partial charge in [-0.15, -0.1) is 0 Å². The van der Waals surface area contributed by atoms with Crippen LogP contribution in [0.25, 0.3) is 0 Å². The van der Waals surface area contributed by atoms with E-state index in [0.29, 0.717) is 12.0 Å². The maximum absolute atomic E-state index is 13.8. The van der Waals surface area contributed by atoms with Crippen molar-refractivity contribution >= 4 is 17.8 Å². The van der Waals surface area contributed by atoms with Gasteiger partial charge in [0.1, 0.15) is 17.9 Å². The Labute approximate surface area is 147 Å². The first kappa shape index (κ1) is 20.6. The van der Waals surface area contributed by atoms with Crippen molar-refractivity contribution in [1.82, 2.24) is 10.6 Å². The van der Waals surface area contributed by atoms with Crippen molar-refractivity contribution in [3.8, 4) is 0 Å². The third-order valence-electron chi connectivity index (χ3n) is 3.59. The number of hydrogen-bond donors (Lipinski definition) is 2. The standard InChI is InChI=1S/C18H25FN2O4/c1-11(2)9-16(18(24)25-4)21-17(23)15(20-12(3)22)10-13-7-5-6-8-14(13)19/h5-8,11,15-16H,9-10H2,1-4H3,(H,20,22)(H,21,23)/t15-,16+/m0/s1. The van der Waals surface area contributed by atoms with E-state index in [4.69, 9.17) is 4.74 Å². The van der Waals surface area contributed by atoms with E-state index in [-0.39, 0.29) is 12.3 Å². The molecule has 1 aromatic carbocycles. The predicted molar refractivity (Wildman–Crippen MR) is 91.1 cm³/mol. The largest absolute Gasteiger partial charge is 0.467 e. The van der Waals surface area contributed by atoms with Crippen molar-refractivity contribution in [2.24, 2.45) is 5.92 Å². The van der Waals surface area contributed by atoms with Gasteiger partial charge in [0.05, 0.1) is 7.11 Å². The maximum atomic E-state index is 13.8. The number of amides is 2. The first-order chi connectivity index (χ1) is 11.7. The van der Waals surface area contributed by atoms with Crippen LogP contribution in [-0.2, 0) is 25.5 Å². The predicted octanol–water partition coefficient (Wildman–Crippen LogP) is 1.58. The van der Waals surface area contributed by atoms with Crippen molar-refractivity contribution in [1.29, 1.82) is 0 Å². The number of carbonyl (C=O) groups excluding carboxylic acids is 3. The highest BCUT2D eigenvalue weighted by atomic mass is 19.1. The van der Waals surface area contributed by atoms with Crippen molar-refractivity contribution in [2.75, 3.05) is 7.11 Å². The molecule has 0 saturated carbocycles. The van der Waals surface area contributed by atoms with Crippen molar-refractivity contribution in [2.45, 2.75) is 45.7 Å². The van der Waals surface area contributed by atoms with Gasteiger partial charge in [0, 0.05) is 13.3 Å². The van der Waals surface area contributed by atoms with Gasteiger partial charge in [-0.1, -0.05) is 32.0 Å². The Morgan fingerprint density at radius 3 is 2.28 bits per heavy atom. The third-order valence-corrected chi connectivity index (χ3v) is 3.59. The van der Waals surface area contributed by atoms with Crippen molar-refractivity contribution < 1.29 is 23.5 Å². The summed E-state index contributed by atoms with van der Waals surface area (Å²) >= 11 is 0. The molecule has 2 atom stereocenters. The number of hydrogen-bond acceptors (Lipinski definition) is 4. The van der Waals surface area contributed by atoms with E-state index < -0.39 is 35.7 Å². The molecule has 25 heavy (non-hydrogen) atoms. The Hall–Kier alpha value is -2.44. The fourth-order valence-corrected chi connectivity index (χ4v) is 2.44. The van der Waals surface area contributed by atoms with E-state index in [1.807, 2.05) is 13.8 Å². The molecule has 0 saturated heterocycles. The summed E-state index contributed by atoms with van der Waals surface area (Å²) < 4.78 is 18.6. The van der Waals surface area contributed by atoms with Crippen molar-refractivity contribution in [3.63, 3.8) is 0 Å². The molecule has 2 N–H and O–H groups in total. The minimum Gasteiger partial charge on any atom is -0.467 e. The second-order valence-electron chi connectivity index (χ2n) is 6.26. The minimum absolute atomic E-state index is 0.0202. The average Bonchev–Trinajstić information content (AvgIpc) is 2.53. The molecular formula is C18H25FN2O4. The number of ether oxygens (including phenoxy) is 1. The van der Waals surface area contributed by atoms with E-state index in [0.717, 1.165) is 0 Å². The van der Waals surface area contributed by atoms with E-state index in [1.54, 1.807) is 18.2 Å². The average molecular weight is 352 g/mol. The zero-order valence-corrected chi connectivity index (χ0v) is 15.0. The Bertz CT molecular complexity index is 619. The molecule has 0 heterocycles. The molecule has 0 fully saturated rings.